The van der Waals surface area contributed by atoms with Crippen molar-refractivity contribution in [1.29, 1.82) is 0 Å². The van der Waals surface area contributed by atoms with Gasteiger partial charge in [0.05, 0.1) is 6.54 Å². The fraction of sp³-hybridized carbons (Fsp3) is 0.429. The van der Waals surface area contributed by atoms with Gasteiger partial charge in [-0.2, -0.15) is 0 Å². The van der Waals surface area contributed by atoms with Crippen LogP contribution in [0.4, 0.5) is 0 Å². The van der Waals surface area contributed by atoms with Gasteiger partial charge in [0.15, 0.2) is 11.5 Å². The van der Waals surface area contributed by atoms with E-state index in [0.717, 1.165) is 22.9 Å². The van der Waals surface area contributed by atoms with Crippen LogP contribution in [0.25, 0.3) is 0 Å². The topological polar surface area (TPSA) is 61.2 Å². The van der Waals surface area contributed by atoms with Crippen LogP contribution in [0.1, 0.15) is 24.4 Å². The molecule has 1 N–H and O–H groups in total. The maximum Gasteiger partial charge on any atom is 0.161 e. The molecule has 0 amide bonds. The van der Waals surface area contributed by atoms with Crippen LogP contribution in [0.3, 0.4) is 0 Å². The second kappa shape index (κ2) is 5.50. The molecule has 3 rings (SSSR count). The van der Waals surface area contributed by atoms with Crippen LogP contribution in [0, 0.1) is 0 Å². The van der Waals surface area contributed by atoms with Gasteiger partial charge in [-0.25, -0.2) is 0 Å². The third-order valence-corrected chi connectivity index (χ3v) is 3.44. The quantitative estimate of drug-likeness (QED) is 0.914. The molecule has 1 aromatic heterocycles. The van der Waals surface area contributed by atoms with Crippen molar-refractivity contribution in [1.82, 2.24) is 20.1 Å². The molecular formula is C14H18N4O2. The molecule has 20 heavy (non-hydrogen) atoms. The molecule has 0 radical (unpaired) electrons. The molecule has 106 valence electrons. The minimum atomic E-state index is 0.197. The number of fused-ring (bicyclic) bond motifs is 1. The molecule has 2 heterocycles. The summed E-state index contributed by atoms with van der Waals surface area (Å²) in [5, 5.41) is 11.4. The van der Waals surface area contributed by atoms with E-state index in [2.05, 4.69) is 28.5 Å². The number of nitrogens with one attached hydrogen (secondary N) is 1. The molecular weight excluding hydrogens is 256 g/mol. The number of hydrogen-bond donors (Lipinski definition) is 1. The van der Waals surface area contributed by atoms with Gasteiger partial charge in [-0.1, -0.05) is 6.07 Å². The van der Waals surface area contributed by atoms with Crippen LogP contribution in [0.15, 0.2) is 24.5 Å². The van der Waals surface area contributed by atoms with Crippen LogP contribution >= 0.6 is 0 Å². The monoisotopic (exact) mass is 274 g/mol. The van der Waals surface area contributed by atoms with E-state index >= 15 is 0 Å². The number of aromatic nitrogens is 3. The van der Waals surface area contributed by atoms with Crippen LogP contribution in [-0.4, -0.2) is 28.0 Å². The highest BCUT2D eigenvalue weighted by molar-refractivity contribution is 5.44. The van der Waals surface area contributed by atoms with Crippen molar-refractivity contribution in [3.63, 3.8) is 0 Å². The summed E-state index contributed by atoms with van der Waals surface area (Å²) in [6.45, 7) is 4.01. The summed E-state index contributed by atoms with van der Waals surface area (Å²) in [4.78, 5) is 0. The molecule has 0 aliphatic carbocycles. The molecule has 6 nitrogen and oxygen atoms in total. The van der Waals surface area contributed by atoms with Gasteiger partial charge in [-0.15, -0.1) is 10.2 Å². The van der Waals surface area contributed by atoms with Crippen molar-refractivity contribution in [2.24, 2.45) is 7.05 Å². The first-order chi connectivity index (χ1) is 9.74. The molecule has 6 heteroatoms. The summed E-state index contributed by atoms with van der Waals surface area (Å²) < 4.78 is 13.0. The molecule has 0 saturated carbocycles. The largest absolute Gasteiger partial charge is 0.486 e. The van der Waals surface area contributed by atoms with Gasteiger partial charge in [-0.3, -0.25) is 0 Å². The van der Waals surface area contributed by atoms with Crippen molar-refractivity contribution >= 4 is 0 Å². The van der Waals surface area contributed by atoms with E-state index in [9.17, 15) is 0 Å². The second-order valence-electron chi connectivity index (χ2n) is 4.86. The van der Waals surface area contributed by atoms with Crippen molar-refractivity contribution < 1.29 is 9.47 Å². The minimum Gasteiger partial charge on any atom is -0.486 e. The summed E-state index contributed by atoms with van der Waals surface area (Å²) in [6, 6.07) is 6.25. The average molecular weight is 274 g/mol. The highest BCUT2D eigenvalue weighted by Crippen LogP contribution is 2.32. The van der Waals surface area contributed by atoms with Gasteiger partial charge in [0, 0.05) is 13.1 Å². The predicted molar refractivity (Wildman–Crippen MR) is 73.7 cm³/mol. The van der Waals surface area contributed by atoms with Gasteiger partial charge in [0.1, 0.15) is 25.4 Å². The van der Waals surface area contributed by atoms with E-state index in [1.54, 1.807) is 6.33 Å². The Labute approximate surface area is 117 Å². The van der Waals surface area contributed by atoms with E-state index in [1.807, 2.05) is 23.7 Å². The lowest BCUT2D eigenvalue weighted by Crippen LogP contribution is -2.21. The number of rotatable bonds is 4. The zero-order valence-corrected chi connectivity index (χ0v) is 11.7. The highest BCUT2D eigenvalue weighted by Gasteiger charge is 2.14. The highest BCUT2D eigenvalue weighted by atomic mass is 16.6. The molecule has 1 aliphatic rings. The normalized spacial score (nSPS) is 15.1. The lowest BCUT2D eigenvalue weighted by molar-refractivity contribution is 0.171. The Morgan fingerprint density at radius 1 is 1.30 bits per heavy atom. The first kappa shape index (κ1) is 12.9. The zero-order valence-electron chi connectivity index (χ0n) is 11.7. The molecule has 0 saturated heterocycles. The van der Waals surface area contributed by atoms with Crippen molar-refractivity contribution in [2.75, 3.05) is 13.2 Å². The molecule has 0 fully saturated rings. The fourth-order valence-electron chi connectivity index (χ4n) is 2.16. The van der Waals surface area contributed by atoms with Crippen LogP contribution in [-0.2, 0) is 13.6 Å². The molecule has 1 unspecified atom stereocenters. The Bertz CT molecular complexity index is 597. The number of aryl methyl sites for hydroxylation is 1. The first-order valence-corrected chi connectivity index (χ1v) is 6.70. The van der Waals surface area contributed by atoms with E-state index in [-0.39, 0.29) is 6.04 Å². The number of nitrogens with zero attached hydrogens (tertiary/aromatic N) is 3. The molecule has 1 atom stereocenters. The number of hydrogen-bond acceptors (Lipinski definition) is 5. The lowest BCUT2D eigenvalue weighted by Gasteiger charge is -2.21. The van der Waals surface area contributed by atoms with Crippen molar-refractivity contribution in [3.05, 3.63) is 35.9 Å². The summed E-state index contributed by atoms with van der Waals surface area (Å²) in [5.41, 5.74) is 1.16. The Morgan fingerprint density at radius 3 is 2.85 bits per heavy atom. The van der Waals surface area contributed by atoms with E-state index < -0.39 is 0 Å². The third-order valence-electron chi connectivity index (χ3n) is 3.44. The van der Waals surface area contributed by atoms with Gasteiger partial charge >= 0.3 is 0 Å². The Hall–Kier alpha value is -2.08. The third kappa shape index (κ3) is 2.60. The summed E-state index contributed by atoms with van der Waals surface area (Å²) in [7, 11) is 1.94. The maximum atomic E-state index is 5.60. The standard InChI is InChI=1S/C14H18N4O2/c1-10(15-8-14-17-16-9-18(14)2)11-3-4-12-13(7-11)20-6-5-19-12/h3-4,7,9-10,15H,5-6,8H2,1-2H3. The molecule has 1 aliphatic heterocycles. The summed E-state index contributed by atoms with van der Waals surface area (Å²) >= 11 is 0. The molecule has 0 spiro atoms. The Kier molecular flexibility index (Phi) is 3.56. The van der Waals surface area contributed by atoms with Gasteiger partial charge in [0.2, 0.25) is 0 Å². The van der Waals surface area contributed by atoms with Crippen LogP contribution in [0.2, 0.25) is 0 Å². The first-order valence-electron chi connectivity index (χ1n) is 6.70. The van der Waals surface area contributed by atoms with Crippen LogP contribution < -0.4 is 14.8 Å². The van der Waals surface area contributed by atoms with Gasteiger partial charge in [-0.05, 0) is 24.6 Å². The molecule has 1 aromatic carbocycles. The van der Waals surface area contributed by atoms with Crippen molar-refractivity contribution in [3.8, 4) is 11.5 Å². The van der Waals surface area contributed by atoms with Gasteiger partial charge in [0.25, 0.3) is 0 Å². The fourth-order valence-corrected chi connectivity index (χ4v) is 2.16. The SMILES string of the molecule is CC(NCc1nncn1C)c1ccc2c(c1)OCCO2. The number of ether oxygens (including phenoxy) is 2. The summed E-state index contributed by atoms with van der Waals surface area (Å²) in [6.07, 6.45) is 1.70. The average Bonchev–Trinajstić information content (AvgIpc) is 2.89. The zero-order chi connectivity index (χ0) is 13.9. The van der Waals surface area contributed by atoms with Crippen LogP contribution in [0.5, 0.6) is 11.5 Å². The lowest BCUT2D eigenvalue weighted by atomic mass is 10.1. The van der Waals surface area contributed by atoms with Crippen molar-refractivity contribution in [2.45, 2.75) is 19.5 Å². The Balaban J connectivity index is 1.67. The number of benzene rings is 1. The Morgan fingerprint density at radius 2 is 2.10 bits per heavy atom. The van der Waals surface area contributed by atoms with Gasteiger partial charge < -0.3 is 19.4 Å². The summed E-state index contributed by atoms with van der Waals surface area (Å²) in [5.74, 6) is 2.55. The molecule has 2 aromatic rings. The minimum absolute atomic E-state index is 0.197. The second-order valence-corrected chi connectivity index (χ2v) is 4.86. The predicted octanol–water partition coefficient (Wildman–Crippen LogP) is 1.44. The molecule has 0 bridgehead atoms. The van der Waals surface area contributed by atoms with E-state index in [4.69, 9.17) is 9.47 Å². The van der Waals surface area contributed by atoms with E-state index in [1.165, 1.54) is 0 Å². The smallest absolute Gasteiger partial charge is 0.161 e. The van der Waals surface area contributed by atoms with E-state index in [0.29, 0.717) is 19.8 Å². The maximum absolute atomic E-state index is 5.60.